The molecule has 7 heteroatoms. The van der Waals surface area contributed by atoms with Crippen LogP contribution < -0.4 is 5.73 Å². The van der Waals surface area contributed by atoms with E-state index in [2.05, 4.69) is 15.1 Å². The minimum Gasteiger partial charge on any atom is -0.383 e. The highest BCUT2D eigenvalue weighted by atomic mass is 16.2. The number of likely N-dealkylation sites (tertiary alicyclic amines) is 1. The van der Waals surface area contributed by atoms with Gasteiger partial charge in [0.2, 0.25) is 5.91 Å². The van der Waals surface area contributed by atoms with Gasteiger partial charge in [0.05, 0.1) is 17.1 Å². The molecular weight excluding hydrogens is 268 g/mol. The summed E-state index contributed by atoms with van der Waals surface area (Å²) in [5.41, 5.74) is 7.52. The van der Waals surface area contributed by atoms with E-state index < -0.39 is 0 Å². The lowest BCUT2D eigenvalue weighted by molar-refractivity contribution is -0.132. The van der Waals surface area contributed by atoms with Gasteiger partial charge in [-0.05, 0) is 19.8 Å². The van der Waals surface area contributed by atoms with Crippen molar-refractivity contribution in [3.05, 3.63) is 12.0 Å². The minimum absolute atomic E-state index is 0.153. The highest BCUT2D eigenvalue weighted by molar-refractivity contribution is 5.88. The Morgan fingerprint density at radius 2 is 2.29 bits per heavy atom. The number of rotatable bonds is 2. The van der Waals surface area contributed by atoms with Crippen molar-refractivity contribution < 1.29 is 4.79 Å². The Morgan fingerprint density at radius 3 is 3.05 bits per heavy atom. The highest BCUT2D eigenvalue weighted by Gasteiger charge is 2.26. The summed E-state index contributed by atoms with van der Waals surface area (Å²) in [5, 5.41) is 5.41. The Balaban J connectivity index is 1.97. The lowest BCUT2D eigenvalue weighted by Crippen LogP contribution is -2.40. The molecule has 3 heterocycles. The number of carbonyl (C=O) groups excluding carboxylic acids is 1. The van der Waals surface area contributed by atoms with Gasteiger partial charge in [-0.15, -0.1) is 0 Å². The van der Waals surface area contributed by atoms with E-state index in [-0.39, 0.29) is 11.9 Å². The Morgan fingerprint density at radius 1 is 1.48 bits per heavy atom. The zero-order chi connectivity index (χ0) is 15.0. The van der Waals surface area contributed by atoms with Crippen LogP contribution in [0.1, 0.15) is 37.9 Å². The molecule has 1 saturated heterocycles. The summed E-state index contributed by atoms with van der Waals surface area (Å²) < 4.78 is 1.91. The fraction of sp³-hybridized carbons (Fsp3) is 0.571. The molecule has 1 amide bonds. The van der Waals surface area contributed by atoms with E-state index in [9.17, 15) is 4.79 Å². The van der Waals surface area contributed by atoms with Crippen LogP contribution >= 0.6 is 0 Å². The molecule has 1 fully saturated rings. The second kappa shape index (κ2) is 5.31. The number of nitrogen functional groups attached to an aromatic ring is 1. The van der Waals surface area contributed by atoms with Gasteiger partial charge in [0.25, 0.3) is 0 Å². The Hall–Kier alpha value is -2.18. The van der Waals surface area contributed by atoms with Crippen molar-refractivity contribution in [2.24, 2.45) is 0 Å². The van der Waals surface area contributed by atoms with E-state index in [0.717, 1.165) is 36.1 Å². The summed E-state index contributed by atoms with van der Waals surface area (Å²) in [4.78, 5) is 22.2. The van der Waals surface area contributed by atoms with Gasteiger partial charge in [-0.3, -0.25) is 4.79 Å². The number of carbonyl (C=O) groups is 1. The van der Waals surface area contributed by atoms with Crippen LogP contribution in [0.5, 0.6) is 0 Å². The van der Waals surface area contributed by atoms with E-state index in [1.165, 1.54) is 6.33 Å². The molecule has 0 spiro atoms. The van der Waals surface area contributed by atoms with Crippen molar-refractivity contribution in [2.75, 3.05) is 18.8 Å². The van der Waals surface area contributed by atoms with Crippen LogP contribution in [0.4, 0.5) is 5.82 Å². The molecule has 2 aromatic heterocycles. The van der Waals surface area contributed by atoms with Gasteiger partial charge < -0.3 is 10.6 Å². The molecule has 2 aromatic rings. The van der Waals surface area contributed by atoms with Crippen LogP contribution in [0.2, 0.25) is 0 Å². The van der Waals surface area contributed by atoms with Gasteiger partial charge >= 0.3 is 0 Å². The minimum atomic E-state index is 0.153. The third-order valence-corrected chi connectivity index (χ3v) is 4.09. The third-order valence-electron chi connectivity index (χ3n) is 4.09. The number of fused-ring (bicyclic) bond motifs is 1. The van der Waals surface area contributed by atoms with Crippen molar-refractivity contribution in [2.45, 2.75) is 39.2 Å². The summed E-state index contributed by atoms with van der Waals surface area (Å²) in [5.74, 6) is 0.656. The van der Waals surface area contributed by atoms with Crippen molar-refractivity contribution in [3.63, 3.8) is 0 Å². The predicted molar refractivity (Wildman–Crippen MR) is 79.6 cm³/mol. The monoisotopic (exact) mass is 288 g/mol. The van der Waals surface area contributed by atoms with Crippen LogP contribution in [0.25, 0.3) is 11.0 Å². The first-order valence-electron chi connectivity index (χ1n) is 7.35. The van der Waals surface area contributed by atoms with Crippen LogP contribution in [-0.2, 0) is 4.79 Å². The molecule has 1 unspecified atom stereocenters. The van der Waals surface area contributed by atoms with Crippen LogP contribution in [0.3, 0.4) is 0 Å². The normalized spacial score (nSPS) is 19.1. The summed E-state index contributed by atoms with van der Waals surface area (Å²) in [6.45, 7) is 5.33. The molecule has 1 atom stereocenters. The van der Waals surface area contributed by atoms with Crippen molar-refractivity contribution in [3.8, 4) is 0 Å². The number of hydrogen-bond acceptors (Lipinski definition) is 5. The number of nitrogens with two attached hydrogens (primary N) is 1. The molecule has 7 nitrogen and oxygen atoms in total. The van der Waals surface area contributed by atoms with E-state index in [4.69, 9.17) is 5.73 Å². The van der Waals surface area contributed by atoms with Gasteiger partial charge in [0, 0.05) is 19.5 Å². The smallest absolute Gasteiger partial charge is 0.222 e. The van der Waals surface area contributed by atoms with Gasteiger partial charge in [-0.2, -0.15) is 5.10 Å². The molecule has 0 aliphatic carbocycles. The molecule has 112 valence electrons. The van der Waals surface area contributed by atoms with E-state index >= 15 is 0 Å². The maximum absolute atomic E-state index is 11.9. The van der Waals surface area contributed by atoms with Gasteiger partial charge in [0.1, 0.15) is 12.1 Å². The third kappa shape index (κ3) is 2.32. The summed E-state index contributed by atoms with van der Waals surface area (Å²) in [7, 11) is 0. The number of nitrogens with zero attached hydrogens (tertiary/aromatic N) is 5. The molecule has 3 rings (SSSR count). The largest absolute Gasteiger partial charge is 0.383 e. The first kappa shape index (κ1) is 13.8. The van der Waals surface area contributed by atoms with E-state index in [0.29, 0.717) is 18.8 Å². The predicted octanol–water partition coefficient (Wildman–Crippen LogP) is 1.29. The number of aryl methyl sites for hydroxylation is 1. The van der Waals surface area contributed by atoms with E-state index in [1.54, 1.807) is 0 Å². The standard InChI is InChI=1S/C14H20N6O/c1-3-11(21)19-6-4-5-10(7-19)20-14-12(9(2)18-20)13(15)16-8-17-14/h8,10H,3-7H2,1-2H3,(H2,15,16,17). The molecule has 21 heavy (non-hydrogen) atoms. The van der Waals surface area contributed by atoms with Crippen molar-refractivity contribution >= 4 is 22.8 Å². The van der Waals surface area contributed by atoms with Gasteiger partial charge in [-0.1, -0.05) is 6.92 Å². The maximum Gasteiger partial charge on any atom is 0.222 e. The van der Waals surface area contributed by atoms with Crippen LogP contribution in [0, 0.1) is 6.92 Å². The fourth-order valence-electron chi connectivity index (χ4n) is 3.03. The Labute approximate surface area is 123 Å². The molecule has 1 aliphatic heterocycles. The number of aromatic nitrogens is 4. The molecule has 1 aliphatic rings. The molecule has 0 saturated carbocycles. The summed E-state index contributed by atoms with van der Waals surface area (Å²) in [6, 6.07) is 0.153. The zero-order valence-electron chi connectivity index (χ0n) is 12.4. The van der Waals surface area contributed by atoms with Gasteiger partial charge in [0.15, 0.2) is 5.65 Å². The first-order valence-corrected chi connectivity index (χ1v) is 7.35. The fourth-order valence-corrected chi connectivity index (χ4v) is 3.03. The Kier molecular flexibility index (Phi) is 3.48. The number of hydrogen-bond donors (Lipinski definition) is 1. The second-order valence-corrected chi connectivity index (χ2v) is 5.48. The first-order chi connectivity index (χ1) is 10.1. The number of piperidine rings is 1. The van der Waals surface area contributed by atoms with Crippen molar-refractivity contribution in [1.82, 2.24) is 24.6 Å². The number of anilines is 1. The summed E-state index contributed by atoms with van der Waals surface area (Å²) in [6.07, 6.45) is 3.98. The SMILES string of the molecule is CCC(=O)N1CCCC(n2nc(C)c3c(N)ncnc32)C1. The molecule has 0 aromatic carbocycles. The van der Waals surface area contributed by atoms with Gasteiger partial charge in [-0.25, -0.2) is 14.6 Å². The molecular formula is C14H20N6O. The average molecular weight is 288 g/mol. The zero-order valence-corrected chi connectivity index (χ0v) is 12.4. The lowest BCUT2D eigenvalue weighted by Gasteiger charge is -2.32. The lowest BCUT2D eigenvalue weighted by atomic mass is 10.1. The van der Waals surface area contributed by atoms with E-state index in [1.807, 2.05) is 23.4 Å². The molecule has 2 N–H and O–H groups in total. The topological polar surface area (TPSA) is 89.9 Å². The molecule has 0 bridgehead atoms. The second-order valence-electron chi connectivity index (χ2n) is 5.48. The maximum atomic E-state index is 11.9. The van der Waals surface area contributed by atoms with Crippen LogP contribution in [-0.4, -0.2) is 43.6 Å². The number of amides is 1. The Bertz CT molecular complexity index is 679. The van der Waals surface area contributed by atoms with Crippen LogP contribution in [0.15, 0.2) is 6.33 Å². The van der Waals surface area contributed by atoms with Crippen molar-refractivity contribution in [1.29, 1.82) is 0 Å². The molecule has 0 radical (unpaired) electrons. The highest BCUT2D eigenvalue weighted by Crippen LogP contribution is 2.28. The quantitative estimate of drug-likeness (QED) is 0.899. The average Bonchev–Trinajstić information content (AvgIpc) is 2.85. The summed E-state index contributed by atoms with van der Waals surface area (Å²) >= 11 is 0.